The number of hydrogen-bond donors (Lipinski definition) is 1. The first kappa shape index (κ1) is 12.5. The number of benzene rings is 1. The molecule has 0 radical (unpaired) electrons. The van der Waals surface area contributed by atoms with Gasteiger partial charge in [0, 0.05) is 10.5 Å². The van der Waals surface area contributed by atoms with Crippen molar-refractivity contribution in [2.24, 2.45) is 5.11 Å². The lowest BCUT2D eigenvalue weighted by molar-refractivity contribution is -0.124. The molecule has 0 unspecified atom stereocenters. The highest BCUT2D eigenvalue weighted by atomic mass is 19.1. The van der Waals surface area contributed by atoms with Crippen LogP contribution in [0.5, 0.6) is 0 Å². The molecule has 18 heavy (non-hydrogen) atoms. The van der Waals surface area contributed by atoms with Gasteiger partial charge in [0.25, 0.3) is 0 Å². The average Bonchev–Trinajstić information content (AvgIpc) is 2.40. The summed E-state index contributed by atoms with van der Waals surface area (Å²) in [6.07, 6.45) is 0.873. The maximum Gasteiger partial charge on any atom is 0.229 e. The van der Waals surface area contributed by atoms with Crippen LogP contribution in [0, 0.1) is 5.82 Å². The molecule has 1 heterocycles. The minimum Gasteiger partial charge on any atom is -0.317 e. The topological polar surface area (TPSA) is 77.9 Å². The van der Waals surface area contributed by atoms with Gasteiger partial charge >= 0.3 is 0 Å². The lowest BCUT2D eigenvalue weighted by Gasteiger charge is -2.35. The molecule has 1 N–H and O–H groups in total. The first-order chi connectivity index (χ1) is 8.70. The molecular weight excluding hydrogens is 235 g/mol. The summed E-state index contributed by atoms with van der Waals surface area (Å²) in [4.78, 5) is 14.6. The molecule has 0 spiro atoms. The fourth-order valence-electron chi connectivity index (χ4n) is 2.44. The van der Waals surface area contributed by atoms with Crippen molar-refractivity contribution in [1.82, 2.24) is 5.32 Å². The van der Waals surface area contributed by atoms with Gasteiger partial charge in [-0.2, -0.15) is 0 Å². The van der Waals surface area contributed by atoms with Crippen LogP contribution in [0.3, 0.4) is 0 Å². The Morgan fingerprint density at radius 2 is 2.06 bits per heavy atom. The summed E-state index contributed by atoms with van der Waals surface area (Å²) in [6.45, 7) is 1.20. The maximum atomic E-state index is 13.9. The number of azide groups is 1. The highest BCUT2D eigenvalue weighted by Gasteiger charge is 2.42. The molecular formula is C12H13FN4O. The molecule has 1 aromatic rings. The summed E-state index contributed by atoms with van der Waals surface area (Å²) in [5.74, 6) is -1.03. The molecule has 0 saturated carbocycles. The van der Waals surface area contributed by atoms with Crippen molar-refractivity contribution < 1.29 is 9.18 Å². The molecule has 0 bridgehead atoms. The molecule has 94 valence electrons. The van der Waals surface area contributed by atoms with E-state index in [0.717, 1.165) is 0 Å². The number of piperidine rings is 1. The number of nitrogens with one attached hydrogen (secondary N) is 1. The van der Waals surface area contributed by atoms with Crippen LogP contribution in [-0.4, -0.2) is 19.0 Å². The van der Waals surface area contributed by atoms with E-state index in [1.54, 1.807) is 18.2 Å². The number of amides is 1. The Morgan fingerprint density at radius 3 is 2.67 bits per heavy atom. The van der Waals surface area contributed by atoms with Gasteiger partial charge in [-0.15, -0.1) is 0 Å². The number of nitrogens with zero attached hydrogens (tertiary/aromatic N) is 3. The fraction of sp³-hybridized carbons (Fsp3) is 0.417. The largest absolute Gasteiger partial charge is 0.317 e. The van der Waals surface area contributed by atoms with Gasteiger partial charge in [0.2, 0.25) is 5.91 Å². The molecule has 1 aliphatic rings. The molecule has 1 fully saturated rings. The minimum atomic E-state index is -1.02. The SMILES string of the molecule is [N-]=[N+]=NC(=O)C1(c2ccccc2F)CCNCC1. The quantitative estimate of drug-likeness (QED) is 0.495. The van der Waals surface area contributed by atoms with Gasteiger partial charge in [0.15, 0.2) is 0 Å². The lowest BCUT2D eigenvalue weighted by atomic mass is 9.72. The van der Waals surface area contributed by atoms with E-state index in [-0.39, 0.29) is 0 Å². The second-order valence-corrected chi connectivity index (χ2v) is 4.31. The second-order valence-electron chi connectivity index (χ2n) is 4.31. The highest BCUT2D eigenvalue weighted by molar-refractivity contribution is 5.89. The van der Waals surface area contributed by atoms with Gasteiger partial charge in [-0.05, 0) is 42.6 Å². The number of carbonyl (C=O) groups is 1. The molecule has 1 aromatic carbocycles. The Balaban J connectivity index is 2.51. The van der Waals surface area contributed by atoms with Gasteiger partial charge < -0.3 is 5.32 Å². The lowest BCUT2D eigenvalue weighted by Crippen LogP contribution is -2.45. The Morgan fingerprint density at radius 1 is 1.39 bits per heavy atom. The predicted octanol–water partition coefficient (Wildman–Crippen LogP) is 2.28. The summed E-state index contributed by atoms with van der Waals surface area (Å²) in [5, 5.41) is 6.30. The molecule has 0 aromatic heterocycles. The van der Waals surface area contributed by atoms with Gasteiger partial charge in [-0.3, -0.25) is 4.79 Å². The van der Waals surface area contributed by atoms with Crippen molar-refractivity contribution >= 4 is 5.91 Å². The van der Waals surface area contributed by atoms with E-state index in [2.05, 4.69) is 15.3 Å². The zero-order chi connectivity index (χ0) is 13.0. The predicted molar refractivity (Wildman–Crippen MR) is 64.3 cm³/mol. The van der Waals surface area contributed by atoms with Crippen LogP contribution < -0.4 is 5.32 Å². The van der Waals surface area contributed by atoms with Crippen molar-refractivity contribution in [2.75, 3.05) is 13.1 Å². The Kier molecular flexibility index (Phi) is 3.60. The monoisotopic (exact) mass is 248 g/mol. The summed E-state index contributed by atoms with van der Waals surface area (Å²) >= 11 is 0. The van der Waals surface area contributed by atoms with E-state index in [1.165, 1.54) is 6.07 Å². The Hall–Kier alpha value is -1.91. The second kappa shape index (κ2) is 5.16. The van der Waals surface area contributed by atoms with Crippen LogP contribution in [0.1, 0.15) is 18.4 Å². The Labute approximate surface area is 104 Å². The summed E-state index contributed by atoms with van der Waals surface area (Å²) < 4.78 is 13.9. The van der Waals surface area contributed by atoms with Crippen LogP contribution in [0.15, 0.2) is 29.4 Å². The molecule has 0 atom stereocenters. The highest BCUT2D eigenvalue weighted by Crippen LogP contribution is 2.36. The van der Waals surface area contributed by atoms with Crippen LogP contribution in [-0.2, 0) is 10.2 Å². The number of halogens is 1. The van der Waals surface area contributed by atoms with Crippen molar-refractivity contribution in [1.29, 1.82) is 0 Å². The van der Waals surface area contributed by atoms with Gasteiger partial charge in [-0.1, -0.05) is 18.2 Å². The molecule has 1 saturated heterocycles. The molecule has 6 heteroatoms. The van der Waals surface area contributed by atoms with Crippen LogP contribution >= 0.6 is 0 Å². The average molecular weight is 248 g/mol. The zero-order valence-electron chi connectivity index (χ0n) is 9.77. The third kappa shape index (κ3) is 2.08. The van der Waals surface area contributed by atoms with E-state index >= 15 is 0 Å². The molecule has 0 aliphatic carbocycles. The summed E-state index contributed by atoms with van der Waals surface area (Å²) in [5.41, 5.74) is 7.72. The van der Waals surface area contributed by atoms with Gasteiger partial charge in [-0.25, -0.2) is 4.39 Å². The molecule has 5 nitrogen and oxygen atoms in total. The van der Waals surface area contributed by atoms with Crippen LogP contribution in [0.2, 0.25) is 0 Å². The molecule has 1 aliphatic heterocycles. The van der Waals surface area contributed by atoms with Crippen molar-refractivity contribution in [3.8, 4) is 0 Å². The van der Waals surface area contributed by atoms with E-state index in [1.807, 2.05) is 0 Å². The zero-order valence-corrected chi connectivity index (χ0v) is 9.77. The van der Waals surface area contributed by atoms with Crippen molar-refractivity contribution in [2.45, 2.75) is 18.3 Å². The van der Waals surface area contributed by atoms with Crippen molar-refractivity contribution in [3.05, 3.63) is 46.1 Å². The first-order valence-electron chi connectivity index (χ1n) is 5.76. The van der Waals surface area contributed by atoms with Crippen LogP contribution in [0.4, 0.5) is 4.39 Å². The minimum absolute atomic E-state index is 0.323. The summed E-state index contributed by atoms with van der Waals surface area (Å²) in [7, 11) is 0. The Bertz CT molecular complexity index is 505. The number of rotatable bonds is 2. The van der Waals surface area contributed by atoms with Gasteiger partial charge in [0.1, 0.15) is 5.82 Å². The molecule has 2 rings (SSSR count). The third-order valence-corrected chi connectivity index (χ3v) is 3.39. The standard InChI is InChI=1S/C12H13FN4O/c13-10-4-2-1-3-9(10)12(11(18)16-17-14)5-7-15-8-6-12/h1-4,15H,5-8H2. The normalized spacial score (nSPS) is 17.8. The maximum absolute atomic E-state index is 13.9. The van der Waals surface area contributed by atoms with E-state index in [4.69, 9.17) is 5.53 Å². The smallest absolute Gasteiger partial charge is 0.229 e. The van der Waals surface area contributed by atoms with Crippen molar-refractivity contribution in [3.63, 3.8) is 0 Å². The van der Waals surface area contributed by atoms with E-state index in [0.29, 0.717) is 31.5 Å². The summed E-state index contributed by atoms with van der Waals surface area (Å²) in [6, 6.07) is 6.17. The van der Waals surface area contributed by atoms with E-state index in [9.17, 15) is 9.18 Å². The number of carbonyl (C=O) groups excluding carboxylic acids is 1. The van der Waals surface area contributed by atoms with Gasteiger partial charge in [0.05, 0.1) is 5.41 Å². The third-order valence-electron chi connectivity index (χ3n) is 3.39. The number of hydrogen-bond acceptors (Lipinski definition) is 2. The van der Waals surface area contributed by atoms with Crippen LogP contribution in [0.25, 0.3) is 10.4 Å². The molecule has 1 amide bonds. The fourth-order valence-corrected chi connectivity index (χ4v) is 2.44. The first-order valence-corrected chi connectivity index (χ1v) is 5.76. The van der Waals surface area contributed by atoms with E-state index < -0.39 is 17.1 Å².